The van der Waals surface area contributed by atoms with E-state index in [1.165, 1.54) is 11.3 Å². The smallest absolute Gasteiger partial charge is 0.254 e. The summed E-state index contributed by atoms with van der Waals surface area (Å²) in [7, 11) is 0. The molecule has 1 heterocycles. The molecule has 0 fully saturated rings. The molecule has 6 heteroatoms. The fourth-order valence-electron chi connectivity index (χ4n) is 2.18. The third kappa shape index (κ3) is 4.39. The number of hydrogen-bond donors (Lipinski definition) is 1. The fraction of sp³-hybridized carbons (Fsp3) is 0.353. The molecule has 2 aromatic rings. The Balaban J connectivity index is 2.11. The number of thiazole rings is 1. The average molecular weight is 331 g/mol. The number of nitrogens with zero attached hydrogens (tertiary/aromatic N) is 2. The van der Waals surface area contributed by atoms with Crippen molar-refractivity contribution < 1.29 is 9.59 Å². The van der Waals surface area contributed by atoms with E-state index in [9.17, 15) is 9.59 Å². The molecule has 0 unspecified atom stereocenters. The SMILES string of the molecule is Cc1cnc(NC(=O)CN(C(=O)c2ccccc2C)C(C)C)s1. The summed E-state index contributed by atoms with van der Waals surface area (Å²) in [5, 5.41) is 3.30. The van der Waals surface area contributed by atoms with Crippen molar-refractivity contribution in [1.29, 1.82) is 0 Å². The van der Waals surface area contributed by atoms with Gasteiger partial charge in [0.1, 0.15) is 6.54 Å². The Morgan fingerprint density at radius 3 is 2.52 bits per heavy atom. The van der Waals surface area contributed by atoms with E-state index in [-0.39, 0.29) is 24.4 Å². The predicted octanol–water partition coefficient (Wildman–Crippen LogP) is 3.25. The molecule has 1 aromatic heterocycles. The van der Waals surface area contributed by atoms with E-state index in [1.807, 2.05) is 45.9 Å². The Labute approximate surface area is 140 Å². The lowest BCUT2D eigenvalue weighted by Crippen LogP contribution is -2.42. The maximum absolute atomic E-state index is 12.7. The number of aryl methyl sites for hydroxylation is 2. The number of hydrogen-bond acceptors (Lipinski definition) is 4. The largest absolute Gasteiger partial charge is 0.327 e. The number of anilines is 1. The Kier molecular flexibility index (Phi) is 5.50. The van der Waals surface area contributed by atoms with E-state index >= 15 is 0 Å². The summed E-state index contributed by atoms with van der Waals surface area (Å²) < 4.78 is 0. The van der Waals surface area contributed by atoms with Gasteiger partial charge in [0.15, 0.2) is 5.13 Å². The van der Waals surface area contributed by atoms with Gasteiger partial charge in [-0.1, -0.05) is 18.2 Å². The molecule has 0 saturated carbocycles. The second-order valence-electron chi connectivity index (χ2n) is 5.67. The summed E-state index contributed by atoms with van der Waals surface area (Å²) in [5.74, 6) is -0.376. The molecule has 0 atom stereocenters. The molecule has 2 amide bonds. The number of carbonyl (C=O) groups is 2. The highest BCUT2D eigenvalue weighted by Gasteiger charge is 2.23. The van der Waals surface area contributed by atoms with Crippen LogP contribution in [0.3, 0.4) is 0 Å². The second kappa shape index (κ2) is 7.37. The first-order valence-corrected chi connectivity index (χ1v) is 8.29. The maximum atomic E-state index is 12.7. The van der Waals surface area contributed by atoms with Gasteiger partial charge in [0.25, 0.3) is 5.91 Å². The third-order valence-electron chi connectivity index (χ3n) is 3.44. The molecule has 122 valence electrons. The van der Waals surface area contributed by atoms with Crippen molar-refractivity contribution in [2.75, 3.05) is 11.9 Å². The topological polar surface area (TPSA) is 62.3 Å². The van der Waals surface area contributed by atoms with E-state index in [0.717, 1.165) is 10.4 Å². The first-order valence-electron chi connectivity index (χ1n) is 7.47. The number of benzene rings is 1. The Hall–Kier alpha value is -2.21. The minimum atomic E-state index is -0.241. The van der Waals surface area contributed by atoms with Crippen molar-refractivity contribution >= 4 is 28.3 Å². The molecule has 0 aliphatic carbocycles. The number of rotatable bonds is 5. The van der Waals surface area contributed by atoms with Crippen molar-refractivity contribution in [3.05, 3.63) is 46.5 Å². The lowest BCUT2D eigenvalue weighted by atomic mass is 10.1. The summed E-state index contributed by atoms with van der Waals surface area (Å²) in [5.41, 5.74) is 1.53. The first kappa shape index (κ1) is 17.1. The first-order chi connectivity index (χ1) is 10.9. The molecule has 23 heavy (non-hydrogen) atoms. The molecule has 0 bridgehead atoms. The van der Waals surface area contributed by atoms with Crippen LogP contribution in [0.15, 0.2) is 30.5 Å². The van der Waals surface area contributed by atoms with Crippen LogP contribution in [0, 0.1) is 13.8 Å². The van der Waals surface area contributed by atoms with Crippen LogP contribution in [0.1, 0.15) is 34.6 Å². The van der Waals surface area contributed by atoms with Gasteiger partial charge in [-0.25, -0.2) is 4.98 Å². The monoisotopic (exact) mass is 331 g/mol. The van der Waals surface area contributed by atoms with Crippen LogP contribution in [0.25, 0.3) is 0 Å². The van der Waals surface area contributed by atoms with E-state index < -0.39 is 0 Å². The standard InChI is InChI=1S/C17H21N3O2S/c1-11(2)20(16(22)14-8-6-5-7-12(14)3)10-15(21)19-17-18-9-13(4)23-17/h5-9,11H,10H2,1-4H3,(H,18,19,21). The lowest BCUT2D eigenvalue weighted by Gasteiger charge is -2.26. The van der Waals surface area contributed by atoms with Crippen molar-refractivity contribution in [2.24, 2.45) is 0 Å². The van der Waals surface area contributed by atoms with E-state index in [4.69, 9.17) is 0 Å². The van der Waals surface area contributed by atoms with Gasteiger partial charge in [-0.15, -0.1) is 11.3 Å². The van der Waals surface area contributed by atoms with Crippen molar-refractivity contribution in [1.82, 2.24) is 9.88 Å². The highest BCUT2D eigenvalue weighted by atomic mass is 32.1. The minimum absolute atomic E-state index is 0.00343. The Bertz CT molecular complexity index is 709. The van der Waals surface area contributed by atoms with Gasteiger partial charge in [0.2, 0.25) is 5.91 Å². The van der Waals surface area contributed by atoms with Crippen LogP contribution in [-0.2, 0) is 4.79 Å². The number of carbonyl (C=O) groups excluding carboxylic acids is 2. The average Bonchev–Trinajstić information content (AvgIpc) is 2.89. The minimum Gasteiger partial charge on any atom is -0.327 e. The predicted molar refractivity (Wildman–Crippen MR) is 92.8 cm³/mol. The molecule has 1 N–H and O–H groups in total. The molecule has 2 rings (SSSR count). The molecule has 0 radical (unpaired) electrons. The maximum Gasteiger partial charge on any atom is 0.254 e. The summed E-state index contributed by atoms with van der Waals surface area (Å²) in [6.07, 6.45) is 1.71. The lowest BCUT2D eigenvalue weighted by molar-refractivity contribution is -0.117. The van der Waals surface area contributed by atoms with Crippen molar-refractivity contribution in [3.63, 3.8) is 0 Å². The molecule has 5 nitrogen and oxygen atoms in total. The molecule has 0 saturated heterocycles. The zero-order chi connectivity index (χ0) is 17.0. The Morgan fingerprint density at radius 2 is 1.96 bits per heavy atom. The van der Waals surface area contributed by atoms with Crippen LogP contribution in [0.2, 0.25) is 0 Å². The van der Waals surface area contributed by atoms with E-state index in [1.54, 1.807) is 17.2 Å². The summed E-state index contributed by atoms with van der Waals surface area (Å²) in [6, 6.07) is 7.32. The highest BCUT2D eigenvalue weighted by Crippen LogP contribution is 2.17. The number of aromatic nitrogens is 1. The summed E-state index contributed by atoms with van der Waals surface area (Å²) in [4.78, 5) is 31.7. The van der Waals surface area contributed by atoms with Gasteiger partial charge in [0, 0.05) is 22.7 Å². The van der Waals surface area contributed by atoms with Crippen LogP contribution in [0.5, 0.6) is 0 Å². The van der Waals surface area contributed by atoms with E-state index in [0.29, 0.717) is 10.7 Å². The van der Waals surface area contributed by atoms with Crippen molar-refractivity contribution in [2.45, 2.75) is 33.7 Å². The molecule has 0 spiro atoms. The summed E-state index contributed by atoms with van der Waals surface area (Å²) >= 11 is 1.41. The molecule has 0 aliphatic rings. The molecule has 0 aliphatic heterocycles. The van der Waals surface area contributed by atoms with Gasteiger partial charge in [-0.05, 0) is 39.3 Å². The van der Waals surface area contributed by atoms with Crippen LogP contribution in [0.4, 0.5) is 5.13 Å². The normalized spacial score (nSPS) is 10.7. The van der Waals surface area contributed by atoms with Gasteiger partial charge >= 0.3 is 0 Å². The number of nitrogens with one attached hydrogen (secondary N) is 1. The molecular weight excluding hydrogens is 310 g/mol. The van der Waals surface area contributed by atoms with Gasteiger partial charge in [-0.2, -0.15) is 0 Å². The number of amides is 2. The van der Waals surface area contributed by atoms with Crippen molar-refractivity contribution in [3.8, 4) is 0 Å². The zero-order valence-corrected chi connectivity index (χ0v) is 14.6. The fourth-order valence-corrected chi connectivity index (χ4v) is 2.86. The third-order valence-corrected chi connectivity index (χ3v) is 4.27. The highest BCUT2D eigenvalue weighted by molar-refractivity contribution is 7.15. The quantitative estimate of drug-likeness (QED) is 0.915. The van der Waals surface area contributed by atoms with Gasteiger partial charge < -0.3 is 10.2 Å². The molecular formula is C17H21N3O2S. The zero-order valence-electron chi connectivity index (χ0n) is 13.8. The van der Waals surface area contributed by atoms with E-state index in [2.05, 4.69) is 10.3 Å². The summed E-state index contributed by atoms with van der Waals surface area (Å²) in [6.45, 7) is 7.62. The second-order valence-corrected chi connectivity index (χ2v) is 6.90. The molecule has 1 aromatic carbocycles. The Morgan fingerprint density at radius 1 is 1.26 bits per heavy atom. The van der Waals surface area contributed by atoms with Crippen LogP contribution < -0.4 is 5.32 Å². The van der Waals surface area contributed by atoms with Crippen LogP contribution in [-0.4, -0.2) is 34.3 Å². The van der Waals surface area contributed by atoms with Gasteiger partial charge in [-0.3, -0.25) is 9.59 Å². The van der Waals surface area contributed by atoms with Gasteiger partial charge in [0.05, 0.1) is 0 Å². The van der Waals surface area contributed by atoms with Crippen LogP contribution >= 0.6 is 11.3 Å².